The van der Waals surface area contributed by atoms with Gasteiger partial charge in [0.1, 0.15) is 12.4 Å². The Morgan fingerprint density at radius 1 is 1.07 bits per heavy atom. The first-order valence-corrected chi connectivity index (χ1v) is 9.80. The summed E-state index contributed by atoms with van der Waals surface area (Å²) in [5.41, 5.74) is 2.31. The second-order valence-electron chi connectivity index (χ2n) is 7.58. The normalized spacial score (nSPS) is 15.0. The number of likely N-dealkylation sites (tertiary alicyclic amines) is 1. The van der Waals surface area contributed by atoms with Crippen LogP contribution in [-0.2, 0) is 11.3 Å². The van der Waals surface area contributed by atoms with Crippen LogP contribution in [0.2, 0.25) is 0 Å². The molecule has 0 bridgehead atoms. The lowest BCUT2D eigenvalue weighted by Gasteiger charge is -2.31. The van der Waals surface area contributed by atoms with Crippen molar-refractivity contribution in [3.05, 3.63) is 65.7 Å². The van der Waals surface area contributed by atoms with Gasteiger partial charge in [0.05, 0.1) is 6.61 Å². The lowest BCUT2D eigenvalue weighted by molar-refractivity contribution is 0.0870. The number of nitrogens with zero attached hydrogens (tertiary/aromatic N) is 1. The third-order valence-corrected chi connectivity index (χ3v) is 4.87. The van der Waals surface area contributed by atoms with Gasteiger partial charge in [0.15, 0.2) is 0 Å². The minimum atomic E-state index is -0.216. The van der Waals surface area contributed by atoms with Gasteiger partial charge in [-0.2, -0.15) is 0 Å². The van der Waals surface area contributed by atoms with Crippen molar-refractivity contribution >= 4 is 6.09 Å². The predicted octanol–water partition coefficient (Wildman–Crippen LogP) is 5.24. The van der Waals surface area contributed by atoms with Crippen LogP contribution in [0.1, 0.15) is 43.7 Å². The van der Waals surface area contributed by atoms with Crippen molar-refractivity contribution in [2.45, 2.75) is 39.2 Å². The van der Waals surface area contributed by atoms with Crippen molar-refractivity contribution in [2.24, 2.45) is 5.92 Å². The van der Waals surface area contributed by atoms with Gasteiger partial charge in [-0.25, -0.2) is 4.79 Å². The number of benzene rings is 2. The molecule has 144 valence electrons. The van der Waals surface area contributed by atoms with Crippen molar-refractivity contribution in [1.29, 1.82) is 0 Å². The highest BCUT2D eigenvalue weighted by molar-refractivity contribution is 5.67. The minimum absolute atomic E-state index is 0.216. The Kier molecular flexibility index (Phi) is 6.74. The molecule has 0 unspecified atom stereocenters. The molecule has 1 aliphatic rings. The summed E-state index contributed by atoms with van der Waals surface area (Å²) in [6, 6.07) is 18.2. The van der Waals surface area contributed by atoms with Crippen molar-refractivity contribution in [3.8, 4) is 5.75 Å². The van der Waals surface area contributed by atoms with Gasteiger partial charge in [-0.05, 0) is 47.9 Å². The van der Waals surface area contributed by atoms with E-state index in [1.807, 2.05) is 41.3 Å². The van der Waals surface area contributed by atoms with Crippen LogP contribution in [0.5, 0.6) is 5.75 Å². The fraction of sp³-hybridized carbons (Fsp3) is 0.435. The van der Waals surface area contributed by atoms with E-state index >= 15 is 0 Å². The van der Waals surface area contributed by atoms with Crippen LogP contribution in [0.4, 0.5) is 4.79 Å². The maximum Gasteiger partial charge on any atom is 0.410 e. The zero-order valence-corrected chi connectivity index (χ0v) is 16.3. The maximum atomic E-state index is 12.3. The Morgan fingerprint density at radius 2 is 1.81 bits per heavy atom. The van der Waals surface area contributed by atoms with E-state index in [0.717, 1.165) is 43.9 Å². The van der Waals surface area contributed by atoms with Crippen LogP contribution >= 0.6 is 0 Å². The van der Waals surface area contributed by atoms with E-state index in [4.69, 9.17) is 9.47 Å². The van der Waals surface area contributed by atoms with Gasteiger partial charge in [0, 0.05) is 13.1 Å². The van der Waals surface area contributed by atoms with E-state index in [1.165, 1.54) is 5.56 Å². The lowest BCUT2D eigenvalue weighted by atomic mass is 9.89. The van der Waals surface area contributed by atoms with E-state index in [9.17, 15) is 4.79 Å². The van der Waals surface area contributed by atoms with E-state index in [1.54, 1.807) is 0 Å². The van der Waals surface area contributed by atoms with Gasteiger partial charge in [-0.3, -0.25) is 0 Å². The average Bonchev–Trinajstić information content (AvgIpc) is 2.71. The third kappa shape index (κ3) is 5.75. The zero-order valence-electron chi connectivity index (χ0n) is 16.3. The highest BCUT2D eigenvalue weighted by Crippen LogP contribution is 2.30. The fourth-order valence-electron chi connectivity index (χ4n) is 3.33. The molecule has 0 radical (unpaired) electrons. The number of piperidine rings is 1. The first kappa shape index (κ1) is 19.3. The molecule has 0 saturated carbocycles. The number of hydrogen-bond acceptors (Lipinski definition) is 3. The molecular formula is C23H29NO3. The Labute approximate surface area is 162 Å². The van der Waals surface area contributed by atoms with Crippen molar-refractivity contribution in [1.82, 2.24) is 4.90 Å². The molecular weight excluding hydrogens is 338 g/mol. The standard InChI is InChI=1S/C23H29NO3/c1-18(2)16-26-22-10-6-9-21(15-22)20-11-13-24(14-12-20)23(25)27-17-19-7-4-3-5-8-19/h3-10,15,18,20H,11-14,16-17H2,1-2H3. The highest BCUT2D eigenvalue weighted by atomic mass is 16.6. The summed E-state index contributed by atoms with van der Waals surface area (Å²) in [7, 11) is 0. The Hall–Kier alpha value is -2.49. The molecule has 0 spiro atoms. The van der Waals surface area contributed by atoms with Crippen LogP contribution in [-0.4, -0.2) is 30.7 Å². The smallest absolute Gasteiger partial charge is 0.410 e. The van der Waals surface area contributed by atoms with E-state index in [2.05, 4.69) is 32.0 Å². The first-order valence-electron chi connectivity index (χ1n) is 9.80. The van der Waals surface area contributed by atoms with Crippen LogP contribution in [0.25, 0.3) is 0 Å². The molecule has 0 aromatic heterocycles. The number of hydrogen-bond donors (Lipinski definition) is 0. The molecule has 1 amide bonds. The molecule has 1 fully saturated rings. The number of carbonyl (C=O) groups excluding carboxylic acids is 1. The quantitative estimate of drug-likeness (QED) is 0.701. The van der Waals surface area contributed by atoms with Crippen LogP contribution < -0.4 is 4.74 Å². The average molecular weight is 367 g/mol. The molecule has 0 N–H and O–H groups in total. The van der Waals surface area contributed by atoms with Gasteiger partial charge >= 0.3 is 6.09 Å². The minimum Gasteiger partial charge on any atom is -0.493 e. The molecule has 3 rings (SSSR count). The molecule has 1 saturated heterocycles. The number of ether oxygens (including phenoxy) is 2. The third-order valence-electron chi connectivity index (χ3n) is 4.87. The van der Waals surface area contributed by atoms with Crippen molar-refractivity contribution in [2.75, 3.05) is 19.7 Å². The van der Waals surface area contributed by atoms with Gasteiger partial charge in [0.2, 0.25) is 0 Å². The summed E-state index contributed by atoms with van der Waals surface area (Å²) in [6.07, 6.45) is 1.69. The summed E-state index contributed by atoms with van der Waals surface area (Å²) in [5, 5.41) is 0. The van der Waals surface area contributed by atoms with Crippen LogP contribution in [0.15, 0.2) is 54.6 Å². The van der Waals surface area contributed by atoms with Gasteiger partial charge in [-0.15, -0.1) is 0 Å². The molecule has 4 heteroatoms. The Balaban J connectivity index is 1.48. The molecule has 4 nitrogen and oxygen atoms in total. The Bertz CT molecular complexity index is 721. The summed E-state index contributed by atoms with van der Waals surface area (Å²) >= 11 is 0. The zero-order chi connectivity index (χ0) is 19.1. The number of amides is 1. The number of rotatable bonds is 6. The van der Waals surface area contributed by atoms with Gasteiger partial charge < -0.3 is 14.4 Å². The number of carbonyl (C=O) groups is 1. The first-order chi connectivity index (χ1) is 13.1. The van der Waals surface area contributed by atoms with E-state index in [-0.39, 0.29) is 6.09 Å². The SMILES string of the molecule is CC(C)COc1cccc(C2CCN(C(=O)OCc3ccccc3)CC2)c1. The molecule has 2 aromatic rings. The van der Waals surface area contributed by atoms with Crippen molar-refractivity contribution < 1.29 is 14.3 Å². The molecule has 0 aliphatic carbocycles. The van der Waals surface area contributed by atoms with E-state index in [0.29, 0.717) is 18.4 Å². The maximum absolute atomic E-state index is 12.3. The molecule has 27 heavy (non-hydrogen) atoms. The highest BCUT2D eigenvalue weighted by Gasteiger charge is 2.25. The van der Waals surface area contributed by atoms with Crippen LogP contribution in [0, 0.1) is 5.92 Å². The molecule has 1 heterocycles. The van der Waals surface area contributed by atoms with Gasteiger partial charge in [0.25, 0.3) is 0 Å². The largest absolute Gasteiger partial charge is 0.493 e. The second kappa shape index (κ2) is 9.45. The van der Waals surface area contributed by atoms with Crippen molar-refractivity contribution in [3.63, 3.8) is 0 Å². The molecule has 1 aliphatic heterocycles. The summed E-state index contributed by atoms with van der Waals surface area (Å²) in [6.45, 7) is 6.82. The van der Waals surface area contributed by atoms with Crippen LogP contribution in [0.3, 0.4) is 0 Å². The van der Waals surface area contributed by atoms with Gasteiger partial charge in [-0.1, -0.05) is 56.3 Å². The van der Waals surface area contributed by atoms with E-state index < -0.39 is 0 Å². The fourth-order valence-corrected chi connectivity index (χ4v) is 3.33. The predicted molar refractivity (Wildman–Crippen MR) is 107 cm³/mol. The molecule has 2 aromatic carbocycles. The lowest BCUT2D eigenvalue weighted by Crippen LogP contribution is -2.38. The second-order valence-corrected chi connectivity index (χ2v) is 7.58. The molecule has 0 atom stereocenters. The summed E-state index contributed by atoms with van der Waals surface area (Å²) in [4.78, 5) is 14.1. The Morgan fingerprint density at radius 3 is 2.52 bits per heavy atom. The topological polar surface area (TPSA) is 38.8 Å². The monoisotopic (exact) mass is 367 g/mol. The summed E-state index contributed by atoms with van der Waals surface area (Å²) in [5.74, 6) is 1.91. The summed E-state index contributed by atoms with van der Waals surface area (Å²) < 4.78 is 11.3.